The molecule has 106 valence electrons. The van der Waals surface area contributed by atoms with Gasteiger partial charge in [-0.15, -0.1) is 11.8 Å². The summed E-state index contributed by atoms with van der Waals surface area (Å²) in [5.74, 6) is 2.56. The van der Waals surface area contributed by atoms with Crippen LogP contribution in [-0.2, 0) is 6.61 Å². The van der Waals surface area contributed by atoms with Crippen molar-refractivity contribution in [3.8, 4) is 11.6 Å². The van der Waals surface area contributed by atoms with Gasteiger partial charge in [0.2, 0.25) is 5.88 Å². The number of benzene rings is 1. The molecule has 0 fully saturated rings. The minimum atomic E-state index is 0.510. The van der Waals surface area contributed by atoms with Gasteiger partial charge in [0.1, 0.15) is 12.4 Å². The Morgan fingerprint density at radius 3 is 2.60 bits per heavy atom. The zero-order chi connectivity index (χ0) is 14.4. The van der Waals surface area contributed by atoms with Crippen LogP contribution in [0.25, 0.3) is 0 Å². The van der Waals surface area contributed by atoms with E-state index in [1.807, 2.05) is 36.5 Å². The van der Waals surface area contributed by atoms with Crippen LogP contribution in [0.4, 0.5) is 0 Å². The largest absolute Gasteiger partial charge is 0.497 e. The van der Waals surface area contributed by atoms with Gasteiger partial charge in [0.15, 0.2) is 0 Å². The number of methoxy groups -OCH3 is 1. The van der Waals surface area contributed by atoms with Gasteiger partial charge in [-0.2, -0.15) is 0 Å². The molecule has 20 heavy (non-hydrogen) atoms. The molecule has 1 heterocycles. The van der Waals surface area contributed by atoms with Crippen LogP contribution in [0.3, 0.4) is 0 Å². The molecule has 0 atom stereocenters. The Bertz CT molecular complexity index is 555. The lowest BCUT2D eigenvalue weighted by molar-refractivity contribution is 0.292. The lowest BCUT2D eigenvalue weighted by atomic mass is 10.2. The van der Waals surface area contributed by atoms with Crippen molar-refractivity contribution < 1.29 is 9.47 Å². The number of hydrogen-bond donors (Lipinski definition) is 0. The number of thioether (sulfide) groups is 1. The molecule has 0 radical (unpaired) electrons. The second-order valence-electron chi connectivity index (χ2n) is 4.36. The van der Waals surface area contributed by atoms with Gasteiger partial charge in [-0.3, -0.25) is 0 Å². The predicted octanol–water partition coefficient (Wildman–Crippen LogP) is 4.09. The number of ether oxygens (including phenoxy) is 2. The van der Waals surface area contributed by atoms with E-state index in [1.165, 1.54) is 10.5 Å². The van der Waals surface area contributed by atoms with Gasteiger partial charge in [0.25, 0.3) is 0 Å². The number of pyridine rings is 1. The van der Waals surface area contributed by atoms with Gasteiger partial charge >= 0.3 is 0 Å². The molecule has 4 heteroatoms. The van der Waals surface area contributed by atoms with Gasteiger partial charge < -0.3 is 9.47 Å². The third-order valence-corrected chi connectivity index (χ3v) is 3.91. The van der Waals surface area contributed by atoms with Crippen molar-refractivity contribution in [1.29, 1.82) is 0 Å². The molecular formula is C16H19NO2S. The van der Waals surface area contributed by atoms with E-state index >= 15 is 0 Å². The first-order valence-corrected chi connectivity index (χ1v) is 7.56. The van der Waals surface area contributed by atoms with E-state index in [1.54, 1.807) is 18.9 Å². The molecule has 1 aromatic carbocycles. The molecule has 0 N–H and O–H groups in total. The molecule has 1 aromatic heterocycles. The van der Waals surface area contributed by atoms with E-state index in [9.17, 15) is 0 Å². The molecule has 0 spiro atoms. The summed E-state index contributed by atoms with van der Waals surface area (Å²) in [6.07, 6.45) is 1.86. The van der Waals surface area contributed by atoms with E-state index in [4.69, 9.17) is 9.47 Å². The molecule has 0 aliphatic heterocycles. The summed E-state index contributed by atoms with van der Waals surface area (Å²) in [5, 5.41) is 0. The summed E-state index contributed by atoms with van der Waals surface area (Å²) in [6.45, 7) is 4.72. The Hall–Kier alpha value is -1.68. The maximum absolute atomic E-state index is 5.74. The van der Waals surface area contributed by atoms with Crippen molar-refractivity contribution in [3.05, 3.63) is 47.7 Å². The standard InChI is InChI=1S/C16H19NO2S/c1-4-20-15-9-16(17-10-12(15)2)19-11-13-5-7-14(18-3)8-6-13/h5-10H,4,11H2,1-3H3. The Morgan fingerprint density at radius 1 is 1.20 bits per heavy atom. The van der Waals surface area contributed by atoms with Crippen molar-refractivity contribution in [2.45, 2.75) is 25.3 Å². The van der Waals surface area contributed by atoms with E-state index in [-0.39, 0.29) is 0 Å². The molecule has 3 nitrogen and oxygen atoms in total. The van der Waals surface area contributed by atoms with Crippen LogP contribution in [0.15, 0.2) is 41.4 Å². The molecular weight excluding hydrogens is 270 g/mol. The zero-order valence-corrected chi connectivity index (χ0v) is 12.9. The Labute approximate surface area is 124 Å². The van der Waals surface area contributed by atoms with Gasteiger partial charge in [0, 0.05) is 17.2 Å². The highest BCUT2D eigenvalue weighted by Crippen LogP contribution is 2.25. The van der Waals surface area contributed by atoms with Crippen molar-refractivity contribution in [1.82, 2.24) is 4.98 Å². The summed E-state index contributed by atoms with van der Waals surface area (Å²) < 4.78 is 10.9. The molecule has 0 saturated carbocycles. The maximum atomic E-state index is 5.74. The first kappa shape index (κ1) is 14.7. The molecule has 0 unspecified atom stereocenters. The summed E-state index contributed by atoms with van der Waals surface area (Å²) in [4.78, 5) is 5.54. The lowest BCUT2D eigenvalue weighted by Gasteiger charge is -2.09. The van der Waals surface area contributed by atoms with Gasteiger partial charge in [-0.25, -0.2) is 4.98 Å². The Kier molecular flexibility index (Phi) is 5.30. The summed E-state index contributed by atoms with van der Waals surface area (Å²) in [5.41, 5.74) is 2.28. The van der Waals surface area contributed by atoms with E-state index in [2.05, 4.69) is 18.8 Å². The fourth-order valence-corrected chi connectivity index (χ4v) is 2.53. The van der Waals surface area contributed by atoms with Crippen molar-refractivity contribution in [3.63, 3.8) is 0 Å². The highest BCUT2D eigenvalue weighted by atomic mass is 32.2. The third kappa shape index (κ3) is 3.90. The normalized spacial score (nSPS) is 10.3. The average Bonchev–Trinajstić information content (AvgIpc) is 2.49. The smallest absolute Gasteiger partial charge is 0.214 e. The molecule has 2 rings (SSSR count). The molecule has 0 amide bonds. The van der Waals surface area contributed by atoms with Crippen LogP contribution >= 0.6 is 11.8 Å². The number of aryl methyl sites for hydroxylation is 1. The summed E-state index contributed by atoms with van der Waals surface area (Å²) in [6, 6.07) is 9.86. The summed E-state index contributed by atoms with van der Waals surface area (Å²) in [7, 11) is 1.66. The van der Waals surface area contributed by atoms with E-state index < -0.39 is 0 Å². The predicted molar refractivity (Wildman–Crippen MR) is 82.7 cm³/mol. The highest BCUT2D eigenvalue weighted by Gasteiger charge is 2.03. The van der Waals surface area contributed by atoms with Crippen LogP contribution in [0, 0.1) is 6.92 Å². The molecule has 0 bridgehead atoms. The first-order valence-electron chi connectivity index (χ1n) is 6.58. The third-order valence-electron chi connectivity index (χ3n) is 2.87. The fourth-order valence-electron chi connectivity index (χ4n) is 1.76. The minimum absolute atomic E-state index is 0.510. The molecule has 0 aliphatic rings. The minimum Gasteiger partial charge on any atom is -0.497 e. The van der Waals surface area contributed by atoms with E-state index in [0.29, 0.717) is 12.5 Å². The molecule has 0 aliphatic carbocycles. The SMILES string of the molecule is CCSc1cc(OCc2ccc(OC)cc2)ncc1C. The number of nitrogens with zero attached hydrogens (tertiary/aromatic N) is 1. The van der Waals surface area contributed by atoms with Crippen LogP contribution in [0.5, 0.6) is 11.6 Å². The van der Waals surface area contributed by atoms with Crippen molar-refractivity contribution >= 4 is 11.8 Å². The number of hydrogen-bond acceptors (Lipinski definition) is 4. The number of rotatable bonds is 6. The zero-order valence-electron chi connectivity index (χ0n) is 12.1. The van der Waals surface area contributed by atoms with Crippen LogP contribution in [-0.4, -0.2) is 17.8 Å². The van der Waals surface area contributed by atoms with Gasteiger partial charge in [-0.1, -0.05) is 19.1 Å². The van der Waals surface area contributed by atoms with Crippen molar-refractivity contribution in [2.75, 3.05) is 12.9 Å². The maximum Gasteiger partial charge on any atom is 0.214 e. The van der Waals surface area contributed by atoms with Gasteiger partial charge in [0.05, 0.1) is 7.11 Å². The summed E-state index contributed by atoms with van der Waals surface area (Å²) >= 11 is 1.81. The highest BCUT2D eigenvalue weighted by molar-refractivity contribution is 7.99. The quantitative estimate of drug-likeness (QED) is 0.750. The lowest BCUT2D eigenvalue weighted by Crippen LogP contribution is -1.98. The van der Waals surface area contributed by atoms with E-state index in [0.717, 1.165) is 17.1 Å². The molecule has 2 aromatic rings. The van der Waals surface area contributed by atoms with Crippen molar-refractivity contribution in [2.24, 2.45) is 0 Å². The monoisotopic (exact) mass is 289 g/mol. The molecule has 0 saturated heterocycles. The van der Waals surface area contributed by atoms with Crippen LogP contribution in [0.2, 0.25) is 0 Å². The second kappa shape index (κ2) is 7.20. The van der Waals surface area contributed by atoms with Crippen LogP contribution in [0.1, 0.15) is 18.1 Å². The van der Waals surface area contributed by atoms with Crippen LogP contribution < -0.4 is 9.47 Å². The van der Waals surface area contributed by atoms with Gasteiger partial charge in [-0.05, 0) is 35.9 Å². The average molecular weight is 289 g/mol. The topological polar surface area (TPSA) is 31.4 Å². The number of aromatic nitrogens is 1. The second-order valence-corrected chi connectivity index (χ2v) is 5.66. The fraction of sp³-hybridized carbons (Fsp3) is 0.312. The first-order chi connectivity index (χ1) is 9.72. The Morgan fingerprint density at radius 2 is 1.95 bits per heavy atom. The Balaban J connectivity index is 2.00.